The number of rotatable bonds is 3. The molecule has 1 atom stereocenters. The predicted molar refractivity (Wildman–Crippen MR) is 70.8 cm³/mol. The van der Waals surface area contributed by atoms with Gasteiger partial charge in [0, 0.05) is 17.6 Å². The van der Waals surface area contributed by atoms with Gasteiger partial charge >= 0.3 is 6.18 Å². The highest BCUT2D eigenvalue weighted by molar-refractivity contribution is 6.00. The molecule has 1 heterocycles. The van der Waals surface area contributed by atoms with Gasteiger partial charge in [-0.2, -0.15) is 13.2 Å². The van der Waals surface area contributed by atoms with Gasteiger partial charge in [0.2, 0.25) is 0 Å². The van der Waals surface area contributed by atoms with Crippen molar-refractivity contribution in [2.45, 2.75) is 19.1 Å². The van der Waals surface area contributed by atoms with Gasteiger partial charge in [-0.05, 0) is 13.0 Å². The average Bonchev–Trinajstić information content (AvgIpc) is 2.44. The SMILES string of the molecule is CC(CO)NC(=O)c1cnc2ccccc2c1C(F)(F)F. The number of halogens is 3. The van der Waals surface area contributed by atoms with Crippen LogP contribution in [0, 0.1) is 0 Å². The lowest BCUT2D eigenvalue weighted by Gasteiger charge is -2.16. The van der Waals surface area contributed by atoms with E-state index in [0.717, 1.165) is 6.20 Å². The van der Waals surface area contributed by atoms with E-state index in [9.17, 15) is 18.0 Å². The van der Waals surface area contributed by atoms with Gasteiger partial charge in [0.25, 0.3) is 5.91 Å². The van der Waals surface area contributed by atoms with Crippen molar-refractivity contribution in [3.8, 4) is 0 Å². The van der Waals surface area contributed by atoms with Crippen LogP contribution >= 0.6 is 0 Å². The van der Waals surface area contributed by atoms with E-state index in [1.165, 1.54) is 25.1 Å². The van der Waals surface area contributed by atoms with Crippen LogP contribution in [0.3, 0.4) is 0 Å². The number of benzene rings is 1. The Hall–Kier alpha value is -2.15. The first-order valence-corrected chi connectivity index (χ1v) is 6.21. The Morgan fingerprint density at radius 3 is 2.67 bits per heavy atom. The van der Waals surface area contributed by atoms with Crippen LogP contribution < -0.4 is 5.32 Å². The lowest BCUT2D eigenvalue weighted by Crippen LogP contribution is -2.36. The summed E-state index contributed by atoms with van der Waals surface area (Å²) in [6.45, 7) is 1.12. The summed E-state index contributed by atoms with van der Waals surface area (Å²) in [6, 6.07) is 5.10. The largest absolute Gasteiger partial charge is 0.417 e. The van der Waals surface area contributed by atoms with E-state index in [4.69, 9.17) is 5.11 Å². The molecule has 1 aromatic carbocycles. The molecule has 0 aliphatic heterocycles. The van der Waals surface area contributed by atoms with E-state index in [1.54, 1.807) is 6.07 Å². The van der Waals surface area contributed by atoms with Gasteiger partial charge in [-0.25, -0.2) is 0 Å². The smallest absolute Gasteiger partial charge is 0.394 e. The zero-order valence-electron chi connectivity index (χ0n) is 11.1. The van der Waals surface area contributed by atoms with Crippen LogP contribution in [0.15, 0.2) is 30.5 Å². The number of alkyl halides is 3. The maximum absolute atomic E-state index is 13.3. The quantitative estimate of drug-likeness (QED) is 0.914. The average molecular weight is 298 g/mol. The van der Waals surface area contributed by atoms with E-state index in [-0.39, 0.29) is 17.5 Å². The van der Waals surface area contributed by atoms with Crippen molar-refractivity contribution in [2.75, 3.05) is 6.61 Å². The molecule has 21 heavy (non-hydrogen) atoms. The topological polar surface area (TPSA) is 62.2 Å². The zero-order chi connectivity index (χ0) is 15.6. The van der Waals surface area contributed by atoms with Crippen molar-refractivity contribution < 1.29 is 23.1 Å². The Morgan fingerprint density at radius 1 is 1.38 bits per heavy atom. The molecular formula is C14H13F3N2O2. The molecule has 1 amide bonds. The number of carbonyl (C=O) groups excluding carboxylic acids is 1. The van der Waals surface area contributed by atoms with Crippen LogP contribution in [-0.4, -0.2) is 28.6 Å². The summed E-state index contributed by atoms with van der Waals surface area (Å²) < 4.78 is 39.9. The first-order chi connectivity index (χ1) is 9.84. The highest BCUT2D eigenvalue weighted by Gasteiger charge is 2.37. The summed E-state index contributed by atoms with van der Waals surface area (Å²) in [5.74, 6) is -0.915. The van der Waals surface area contributed by atoms with Crippen LogP contribution in [0.25, 0.3) is 10.9 Å². The normalized spacial score (nSPS) is 13.2. The van der Waals surface area contributed by atoms with Crippen molar-refractivity contribution >= 4 is 16.8 Å². The fourth-order valence-electron chi connectivity index (χ4n) is 1.97. The molecule has 0 aliphatic rings. The van der Waals surface area contributed by atoms with Gasteiger partial charge < -0.3 is 10.4 Å². The molecule has 112 valence electrons. The van der Waals surface area contributed by atoms with Crippen molar-refractivity contribution in [3.05, 3.63) is 41.6 Å². The van der Waals surface area contributed by atoms with Crippen LogP contribution in [0.4, 0.5) is 13.2 Å². The second-order valence-corrected chi connectivity index (χ2v) is 4.62. The Bertz CT molecular complexity index is 671. The maximum atomic E-state index is 13.3. The van der Waals surface area contributed by atoms with Gasteiger partial charge in [0.05, 0.1) is 23.3 Å². The van der Waals surface area contributed by atoms with Crippen LogP contribution in [-0.2, 0) is 6.18 Å². The molecule has 4 nitrogen and oxygen atoms in total. The second kappa shape index (κ2) is 5.69. The lowest BCUT2D eigenvalue weighted by atomic mass is 10.0. The Labute approximate surface area is 118 Å². The third-order valence-electron chi connectivity index (χ3n) is 2.95. The molecule has 0 radical (unpaired) electrons. The maximum Gasteiger partial charge on any atom is 0.417 e. The highest BCUT2D eigenvalue weighted by atomic mass is 19.4. The molecular weight excluding hydrogens is 285 g/mol. The second-order valence-electron chi connectivity index (χ2n) is 4.62. The number of hydrogen-bond donors (Lipinski definition) is 2. The first-order valence-electron chi connectivity index (χ1n) is 6.21. The zero-order valence-corrected chi connectivity index (χ0v) is 11.1. The Morgan fingerprint density at radius 2 is 2.05 bits per heavy atom. The number of aromatic nitrogens is 1. The fraction of sp³-hybridized carbons (Fsp3) is 0.286. The number of nitrogens with zero attached hydrogens (tertiary/aromatic N) is 1. The number of nitrogens with one attached hydrogen (secondary N) is 1. The number of aliphatic hydroxyl groups is 1. The third-order valence-corrected chi connectivity index (χ3v) is 2.95. The minimum Gasteiger partial charge on any atom is -0.394 e. The van der Waals surface area contributed by atoms with Crippen molar-refractivity contribution in [1.29, 1.82) is 0 Å². The molecule has 2 aromatic rings. The summed E-state index contributed by atoms with van der Waals surface area (Å²) in [6.07, 6.45) is -3.78. The van der Waals surface area contributed by atoms with E-state index in [1.807, 2.05) is 0 Å². The summed E-state index contributed by atoms with van der Waals surface area (Å²) >= 11 is 0. The summed E-state index contributed by atoms with van der Waals surface area (Å²) in [5.41, 5.74) is -1.41. The van der Waals surface area contributed by atoms with Gasteiger partial charge in [-0.15, -0.1) is 0 Å². The third kappa shape index (κ3) is 3.13. The van der Waals surface area contributed by atoms with Crippen molar-refractivity contribution in [3.63, 3.8) is 0 Å². The van der Waals surface area contributed by atoms with Gasteiger partial charge in [0.1, 0.15) is 0 Å². The van der Waals surface area contributed by atoms with E-state index in [2.05, 4.69) is 10.3 Å². The summed E-state index contributed by atoms with van der Waals surface area (Å²) in [4.78, 5) is 15.8. The number of hydrogen-bond acceptors (Lipinski definition) is 3. The molecule has 1 aromatic heterocycles. The Kier molecular flexibility index (Phi) is 4.13. The van der Waals surface area contributed by atoms with Crippen LogP contribution in [0.1, 0.15) is 22.8 Å². The van der Waals surface area contributed by atoms with Crippen molar-refractivity contribution in [1.82, 2.24) is 10.3 Å². The van der Waals surface area contributed by atoms with Gasteiger partial charge in [-0.1, -0.05) is 18.2 Å². The standard InChI is InChI=1S/C14H13F3N2O2/c1-8(7-20)19-13(21)10-6-18-11-5-3-2-4-9(11)12(10)14(15,16)17/h2-6,8,20H,7H2,1H3,(H,19,21). The predicted octanol–water partition coefficient (Wildman–Crippen LogP) is 2.36. The van der Waals surface area contributed by atoms with Gasteiger partial charge in [-0.3, -0.25) is 9.78 Å². The monoisotopic (exact) mass is 298 g/mol. The number of aliphatic hydroxyl groups excluding tert-OH is 1. The lowest BCUT2D eigenvalue weighted by molar-refractivity contribution is -0.136. The minimum atomic E-state index is -4.68. The van der Waals surface area contributed by atoms with Crippen LogP contribution in [0.2, 0.25) is 0 Å². The molecule has 7 heteroatoms. The molecule has 0 saturated heterocycles. The molecule has 1 unspecified atom stereocenters. The first kappa shape index (κ1) is 15.2. The number of para-hydroxylation sites is 1. The molecule has 0 spiro atoms. The highest BCUT2D eigenvalue weighted by Crippen LogP contribution is 2.36. The molecule has 0 saturated carbocycles. The van der Waals surface area contributed by atoms with E-state index >= 15 is 0 Å². The minimum absolute atomic E-state index is 0.130. The van der Waals surface area contributed by atoms with E-state index < -0.39 is 29.3 Å². The van der Waals surface area contributed by atoms with Gasteiger partial charge in [0.15, 0.2) is 0 Å². The summed E-state index contributed by atoms with van der Waals surface area (Å²) in [5, 5.41) is 11.0. The fourth-order valence-corrected chi connectivity index (χ4v) is 1.97. The Balaban J connectivity index is 2.61. The number of amides is 1. The number of fused-ring (bicyclic) bond motifs is 1. The summed E-state index contributed by atoms with van der Waals surface area (Å²) in [7, 11) is 0. The molecule has 0 bridgehead atoms. The van der Waals surface area contributed by atoms with E-state index in [0.29, 0.717) is 0 Å². The van der Waals surface area contributed by atoms with Crippen molar-refractivity contribution in [2.24, 2.45) is 0 Å². The van der Waals surface area contributed by atoms with Crippen LogP contribution in [0.5, 0.6) is 0 Å². The molecule has 2 rings (SSSR count). The number of pyridine rings is 1. The molecule has 0 fully saturated rings. The molecule has 0 aliphatic carbocycles. The number of carbonyl (C=O) groups is 1. The molecule has 2 N–H and O–H groups in total.